The molecule has 3 rings (SSSR count). The lowest BCUT2D eigenvalue weighted by molar-refractivity contribution is 0.143. The van der Waals surface area contributed by atoms with Gasteiger partial charge >= 0.3 is 6.03 Å². The van der Waals surface area contributed by atoms with Crippen LogP contribution in [-0.2, 0) is 6.54 Å². The number of hydrogen-bond donors (Lipinski definition) is 1. The molecule has 1 N–H and O–H groups in total. The molecule has 0 saturated carbocycles. The summed E-state index contributed by atoms with van der Waals surface area (Å²) in [5, 5.41) is 4.09. The molecule has 0 radical (unpaired) electrons. The number of amides is 2. The highest BCUT2D eigenvalue weighted by Gasteiger charge is 2.22. The van der Waals surface area contributed by atoms with Crippen molar-refractivity contribution < 1.29 is 9.53 Å². The number of anilines is 1. The summed E-state index contributed by atoms with van der Waals surface area (Å²) >= 11 is 12.1. The first-order chi connectivity index (χ1) is 13.1. The molecule has 1 aliphatic heterocycles. The van der Waals surface area contributed by atoms with Gasteiger partial charge in [-0.2, -0.15) is 0 Å². The highest BCUT2D eigenvalue weighted by atomic mass is 35.5. The molecule has 0 atom stereocenters. The third-order valence-electron chi connectivity index (χ3n) is 4.48. The zero-order valence-corrected chi connectivity index (χ0v) is 16.8. The quantitative estimate of drug-likeness (QED) is 0.777. The van der Waals surface area contributed by atoms with Crippen molar-refractivity contribution in [2.24, 2.45) is 0 Å². The van der Waals surface area contributed by atoms with Gasteiger partial charge in [-0.25, -0.2) is 4.79 Å². The molecule has 2 aromatic rings. The van der Waals surface area contributed by atoms with E-state index < -0.39 is 0 Å². The molecule has 0 bridgehead atoms. The van der Waals surface area contributed by atoms with Gasteiger partial charge in [-0.1, -0.05) is 41.4 Å². The molecular formula is C20H23Cl2N3O2. The van der Waals surface area contributed by atoms with Crippen molar-refractivity contribution in [1.82, 2.24) is 9.80 Å². The molecule has 1 saturated heterocycles. The lowest BCUT2D eigenvalue weighted by Gasteiger charge is -2.34. The van der Waals surface area contributed by atoms with E-state index in [1.807, 2.05) is 54.3 Å². The van der Waals surface area contributed by atoms with Crippen molar-refractivity contribution in [3.63, 3.8) is 0 Å². The molecule has 2 amide bonds. The van der Waals surface area contributed by atoms with Crippen molar-refractivity contribution in [3.05, 3.63) is 58.1 Å². The predicted octanol–water partition coefficient (Wildman–Crippen LogP) is 4.74. The lowest BCUT2D eigenvalue weighted by atomic mass is 10.2. The van der Waals surface area contributed by atoms with Gasteiger partial charge in [0.1, 0.15) is 5.75 Å². The SMILES string of the molecule is CCOc1ccccc1NC(=O)N1CCN(Cc2ccc(Cl)c(Cl)c2)CC1. The molecule has 2 aromatic carbocycles. The van der Waals surface area contributed by atoms with Gasteiger partial charge in [-0.05, 0) is 36.8 Å². The predicted molar refractivity (Wildman–Crippen MR) is 110 cm³/mol. The standard InChI is InChI=1S/C20H23Cl2N3O2/c1-2-27-19-6-4-3-5-18(19)23-20(26)25-11-9-24(10-12-25)14-15-7-8-16(21)17(22)13-15/h3-8,13H,2,9-12,14H2,1H3,(H,23,26). The topological polar surface area (TPSA) is 44.8 Å². The number of carbonyl (C=O) groups is 1. The summed E-state index contributed by atoms with van der Waals surface area (Å²) in [5.41, 5.74) is 1.82. The molecule has 27 heavy (non-hydrogen) atoms. The van der Waals surface area contributed by atoms with Crippen LogP contribution in [0.25, 0.3) is 0 Å². The Morgan fingerprint density at radius 1 is 1.07 bits per heavy atom. The van der Waals surface area contributed by atoms with Crippen LogP contribution < -0.4 is 10.1 Å². The number of nitrogens with one attached hydrogen (secondary N) is 1. The van der Waals surface area contributed by atoms with Crippen molar-refractivity contribution in [2.75, 3.05) is 38.1 Å². The number of urea groups is 1. The normalized spacial score (nSPS) is 14.9. The second-order valence-corrected chi connectivity index (χ2v) is 7.19. The van der Waals surface area contributed by atoms with E-state index >= 15 is 0 Å². The first-order valence-corrected chi connectivity index (χ1v) is 9.76. The van der Waals surface area contributed by atoms with Gasteiger partial charge in [0.25, 0.3) is 0 Å². The Morgan fingerprint density at radius 3 is 2.52 bits per heavy atom. The fourth-order valence-electron chi connectivity index (χ4n) is 3.05. The Labute approximate surface area is 169 Å². The summed E-state index contributed by atoms with van der Waals surface area (Å²) in [4.78, 5) is 16.7. The van der Waals surface area contributed by atoms with E-state index in [0.717, 1.165) is 25.2 Å². The maximum atomic E-state index is 12.6. The molecule has 1 fully saturated rings. The number of rotatable bonds is 5. The van der Waals surface area contributed by atoms with Gasteiger partial charge in [-0.3, -0.25) is 4.90 Å². The van der Waals surface area contributed by atoms with Crippen LogP contribution >= 0.6 is 23.2 Å². The van der Waals surface area contributed by atoms with Crippen LogP contribution in [0.5, 0.6) is 5.75 Å². The number of halogens is 2. The smallest absolute Gasteiger partial charge is 0.322 e. The second-order valence-electron chi connectivity index (χ2n) is 6.37. The van der Waals surface area contributed by atoms with Crippen LogP contribution in [0.4, 0.5) is 10.5 Å². The Kier molecular flexibility index (Phi) is 6.83. The van der Waals surface area contributed by atoms with E-state index in [9.17, 15) is 4.79 Å². The lowest BCUT2D eigenvalue weighted by Crippen LogP contribution is -2.49. The number of para-hydroxylation sites is 2. The third-order valence-corrected chi connectivity index (χ3v) is 5.22. The Balaban J connectivity index is 1.52. The summed E-state index contributed by atoms with van der Waals surface area (Å²) in [7, 11) is 0. The van der Waals surface area contributed by atoms with E-state index in [1.165, 1.54) is 0 Å². The van der Waals surface area contributed by atoms with E-state index in [0.29, 0.717) is 41.2 Å². The van der Waals surface area contributed by atoms with Crippen LogP contribution in [0.3, 0.4) is 0 Å². The molecule has 0 aliphatic carbocycles. The van der Waals surface area contributed by atoms with Gasteiger partial charge in [0, 0.05) is 32.7 Å². The first kappa shape index (κ1) is 19.8. The maximum absolute atomic E-state index is 12.6. The van der Waals surface area contributed by atoms with Crippen molar-refractivity contribution >= 4 is 34.9 Å². The molecule has 1 aliphatic rings. The minimum absolute atomic E-state index is 0.101. The first-order valence-electron chi connectivity index (χ1n) is 9.01. The molecule has 0 aromatic heterocycles. The minimum atomic E-state index is -0.101. The molecular weight excluding hydrogens is 385 g/mol. The number of carbonyl (C=O) groups excluding carboxylic acids is 1. The average molecular weight is 408 g/mol. The molecule has 0 unspecified atom stereocenters. The molecule has 5 nitrogen and oxygen atoms in total. The van der Waals surface area contributed by atoms with E-state index in [4.69, 9.17) is 27.9 Å². The van der Waals surface area contributed by atoms with Crippen LogP contribution in [0, 0.1) is 0 Å². The summed E-state index contributed by atoms with van der Waals surface area (Å²) in [6.45, 7) is 6.22. The molecule has 7 heteroatoms. The fourth-order valence-corrected chi connectivity index (χ4v) is 3.37. The second kappa shape index (κ2) is 9.31. The average Bonchev–Trinajstić information content (AvgIpc) is 2.67. The van der Waals surface area contributed by atoms with E-state index in [1.54, 1.807) is 0 Å². The Morgan fingerprint density at radius 2 is 1.81 bits per heavy atom. The summed E-state index contributed by atoms with van der Waals surface area (Å²) in [5.74, 6) is 0.687. The summed E-state index contributed by atoms with van der Waals surface area (Å²) in [6.07, 6.45) is 0. The zero-order valence-electron chi connectivity index (χ0n) is 15.3. The molecule has 144 valence electrons. The van der Waals surface area contributed by atoms with Crippen LogP contribution in [0.15, 0.2) is 42.5 Å². The number of piperazine rings is 1. The minimum Gasteiger partial charge on any atom is -0.492 e. The number of hydrogen-bond acceptors (Lipinski definition) is 3. The van der Waals surface area contributed by atoms with Crippen LogP contribution in [0.1, 0.15) is 12.5 Å². The van der Waals surface area contributed by atoms with Gasteiger partial charge in [-0.15, -0.1) is 0 Å². The fraction of sp³-hybridized carbons (Fsp3) is 0.350. The highest BCUT2D eigenvalue weighted by molar-refractivity contribution is 6.42. The Bertz CT molecular complexity index is 793. The third kappa shape index (κ3) is 5.28. The number of ether oxygens (including phenoxy) is 1. The summed E-state index contributed by atoms with van der Waals surface area (Å²) < 4.78 is 5.57. The van der Waals surface area contributed by atoms with E-state index in [2.05, 4.69) is 10.2 Å². The number of nitrogens with zero attached hydrogens (tertiary/aromatic N) is 2. The zero-order chi connectivity index (χ0) is 19.2. The van der Waals surface area contributed by atoms with Crippen LogP contribution in [-0.4, -0.2) is 48.6 Å². The van der Waals surface area contributed by atoms with Crippen molar-refractivity contribution in [1.29, 1.82) is 0 Å². The van der Waals surface area contributed by atoms with Gasteiger partial charge in [0.05, 0.1) is 22.3 Å². The number of benzene rings is 2. The molecule has 1 heterocycles. The van der Waals surface area contributed by atoms with Crippen molar-refractivity contribution in [3.8, 4) is 5.75 Å². The van der Waals surface area contributed by atoms with Crippen molar-refractivity contribution in [2.45, 2.75) is 13.5 Å². The summed E-state index contributed by atoms with van der Waals surface area (Å²) in [6, 6.07) is 13.1. The van der Waals surface area contributed by atoms with Gasteiger partial charge in [0.2, 0.25) is 0 Å². The largest absolute Gasteiger partial charge is 0.492 e. The van der Waals surface area contributed by atoms with E-state index in [-0.39, 0.29) is 6.03 Å². The maximum Gasteiger partial charge on any atom is 0.322 e. The monoisotopic (exact) mass is 407 g/mol. The Hall–Kier alpha value is -1.95. The molecule has 0 spiro atoms. The van der Waals surface area contributed by atoms with Gasteiger partial charge < -0.3 is 15.0 Å². The highest BCUT2D eigenvalue weighted by Crippen LogP contribution is 2.25. The van der Waals surface area contributed by atoms with Crippen LogP contribution in [0.2, 0.25) is 10.0 Å². The van der Waals surface area contributed by atoms with Gasteiger partial charge in [0.15, 0.2) is 0 Å².